The van der Waals surface area contributed by atoms with E-state index in [0.29, 0.717) is 0 Å². The lowest BCUT2D eigenvalue weighted by Crippen LogP contribution is -1.93. The molecule has 0 aromatic rings. The van der Waals surface area contributed by atoms with Gasteiger partial charge < -0.3 is 0 Å². The second-order valence-electron chi connectivity index (χ2n) is 1.25. The summed E-state index contributed by atoms with van der Waals surface area (Å²) in [6.07, 6.45) is 2.90. The summed E-state index contributed by atoms with van der Waals surface area (Å²) >= 11 is 2.11. The third-order valence-corrected chi connectivity index (χ3v) is 1.32. The Hall–Kier alpha value is 0.0700. The normalized spacial score (nSPS) is 19.3. The fraction of sp³-hybridized carbons (Fsp3) is 0.500. The molecule has 0 fully saturated rings. The third-order valence-electron chi connectivity index (χ3n) is 0.698. The van der Waals surface area contributed by atoms with E-state index in [2.05, 4.69) is 32.6 Å². The van der Waals surface area contributed by atoms with Crippen molar-refractivity contribution in [3.63, 3.8) is 0 Å². The maximum atomic E-state index is 4.04. The number of halogens is 1. The smallest absolute Gasteiger partial charge is 0.185 e. The Bertz CT molecular complexity index is 117. The summed E-state index contributed by atoms with van der Waals surface area (Å²) in [6, 6.07) is 0. The molecular weight excluding hydrogens is 203 g/mol. The molecule has 1 heterocycles. The molecule has 0 bridgehead atoms. The van der Waals surface area contributed by atoms with Crippen molar-refractivity contribution in [2.45, 2.75) is 6.42 Å². The summed E-state index contributed by atoms with van der Waals surface area (Å²) in [5.41, 5.74) is 0. The summed E-state index contributed by atoms with van der Waals surface area (Å²) in [6.45, 7) is 0.918. The summed E-state index contributed by atoms with van der Waals surface area (Å²) in [5.74, 6) is 0. The van der Waals surface area contributed by atoms with Crippen LogP contribution in [0.4, 0.5) is 0 Å². The molecule has 1 aliphatic heterocycles. The van der Waals surface area contributed by atoms with Gasteiger partial charge in [0.25, 0.3) is 0 Å². The maximum Gasteiger partial charge on any atom is 0.185 e. The van der Waals surface area contributed by atoms with Crippen LogP contribution in [0.1, 0.15) is 6.42 Å². The van der Waals surface area contributed by atoms with Crippen LogP contribution in [0.25, 0.3) is 0 Å². The molecule has 0 atom stereocenters. The predicted molar refractivity (Wildman–Crippen MR) is 39.4 cm³/mol. The number of rotatable bonds is 0. The molecule has 0 N–H and O–H groups in total. The molecule has 0 spiro atoms. The number of hydrogen-bond acceptors (Lipinski definition) is 2. The minimum absolute atomic E-state index is 0.879. The van der Waals surface area contributed by atoms with E-state index >= 15 is 0 Å². The number of aliphatic imine (C=N–C) groups is 2. The van der Waals surface area contributed by atoms with Gasteiger partial charge in [-0.15, -0.1) is 0 Å². The molecule has 0 unspecified atom stereocenters. The Kier molecular flexibility index (Phi) is 1.78. The fourth-order valence-electron chi connectivity index (χ4n) is 0.395. The zero-order valence-corrected chi connectivity index (χ0v) is 5.92. The standard InChI is InChI=1S/C4H5IN2/c5-4-6-2-1-3-7-4/h2H,1,3H2. The zero-order valence-electron chi connectivity index (χ0n) is 3.76. The van der Waals surface area contributed by atoms with Crippen LogP contribution in [0.15, 0.2) is 9.98 Å². The minimum Gasteiger partial charge on any atom is -0.261 e. The van der Waals surface area contributed by atoms with Crippen LogP contribution in [0.3, 0.4) is 0 Å². The van der Waals surface area contributed by atoms with Crippen LogP contribution in [0.5, 0.6) is 0 Å². The number of nitrogens with zero attached hydrogens (tertiary/aromatic N) is 2. The molecule has 38 valence electrons. The molecule has 7 heavy (non-hydrogen) atoms. The Morgan fingerprint density at radius 1 is 1.71 bits per heavy atom. The van der Waals surface area contributed by atoms with Gasteiger partial charge in [-0.25, -0.2) is 4.99 Å². The van der Waals surface area contributed by atoms with Gasteiger partial charge in [-0.2, -0.15) is 0 Å². The minimum atomic E-state index is 0.879. The second-order valence-corrected chi connectivity index (χ2v) is 2.22. The van der Waals surface area contributed by atoms with Crippen molar-refractivity contribution in [1.29, 1.82) is 0 Å². The topological polar surface area (TPSA) is 24.7 Å². The van der Waals surface area contributed by atoms with Crippen LogP contribution in [0, 0.1) is 0 Å². The molecule has 1 aliphatic rings. The second kappa shape index (κ2) is 2.40. The van der Waals surface area contributed by atoms with Crippen molar-refractivity contribution in [3.8, 4) is 0 Å². The first-order chi connectivity index (χ1) is 3.39. The lowest BCUT2D eigenvalue weighted by Gasteiger charge is -1.94. The molecule has 1 rings (SSSR count). The molecule has 0 saturated heterocycles. The van der Waals surface area contributed by atoms with Gasteiger partial charge in [-0.1, -0.05) is 0 Å². The van der Waals surface area contributed by atoms with E-state index in [1.165, 1.54) is 0 Å². The van der Waals surface area contributed by atoms with E-state index in [1.54, 1.807) is 0 Å². The van der Waals surface area contributed by atoms with Gasteiger partial charge in [0.15, 0.2) is 3.84 Å². The molecule has 2 nitrogen and oxygen atoms in total. The molecule has 3 heteroatoms. The quantitative estimate of drug-likeness (QED) is 0.422. The summed E-state index contributed by atoms with van der Waals surface area (Å²) in [4.78, 5) is 7.98. The summed E-state index contributed by atoms with van der Waals surface area (Å²) in [5, 5.41) is 0. The van der Waals surface area contributed by atoms with Gasteiger partial charge in [-0.05, 0) is 0 Å². The van der Waals surface area contributed by atoms with Crippen molar-refractivity contribution in [1.82, 2.24) is 0 Å². The molecule has 0 aliphatic carbocycles. The van der Waals surface area contributed by atoms with Gasteiger partial charge in [0.2, 0.25) is 0 Å². The van der Waals surface area contributed by atoms with Gasteiger partial charge >= 0.3 is 0 Å². The third kappa shape index (κ3) is 1.54. The first-order valence-electron chi connectivity index (χ1n) is 2.12. The van der Waals surface area contributed by atoms with Crippen molar-refractivity contribution < 1.29 is 0 Å². The van der Waals surface area contributed by atoms with Crippen molar-refractivity contribution in [2.75, 3.05) is 6.54 Å². The highest BCUT2D eigenvalue weighted by Gasteiger charge is 1.90. The first-order valence-corrected chi connectivity index (χ1v) is 3.20. The molecule has 0 radical (unpaired) electrons. The van der Waals surface area contributed by atoms with Crippen molar-refractivity contribution in [2.24, 2.45) is 9.98 Å². The maximum absolute atomic E-state index is 4.04. The fourth-order valence-corrected chi connectivity index (χ4v) is 0.833. The highest BCUT2D eigenvalue weighted by atomic mass is 127. The molecule has 0 aromatic heterocycles. The Morgan fingerprint density at radius 2 is 2.57 bits per heavy atom. The van der Waals surface area contributed by atoms with Crippen LogP contribution in [0.2, 0.25) is 0 Å². The number of hydrogen-bond donors (Lipinski definition) is 0. The average molecular weight is 208 g/mol. The highest BCUT2D eigenvalue weighted by Crippen LogP contribution is 1.97. The zero-order chi connectivity index (χ0) is 5.11. The molecule has 0 saturated carbocycles. The van der Waals surface area contributed by atoms with Crippen LogP contribution in [-0.2, 0) is 0 Å². The molecule has 0 aromatic carbocycles. The van der Waals surface area contributed by atoms with E-state index in [0.717, 1.165) is 16.8 Å². The Labute approximate surface area is 55.9 Å². The van der Waals surface area contributed by atoms with Crippen LogP contribution >= 0.6 is 22.6 Å². The van der Waals surface area contributed by atoms with E-state index in [4.69, 9.17) is 0 Å². The predicted octanol–water partition coefficient (Wildman–Crippen LogP) is 1.25. The van der Waals surface area contributed by atoms with Gasteiger partial charge in [0, 0.05) is 41.8 Å². The Balaban J connectivity index is 2.58. The van der Waals surface area contributed by atoms with E-state index in [9.17, 15) is 0 Å². The lowest BCUT2D eigenvalue weighted by molar-refractivity contribution is 1.04. The molecule has 0 amide bonds. The molecular formula is C4H5IN2. The van der Waals surface area contributed by atoms with Crippen molar-refractivity contribution in [3.05, 3.63) is 0 Å². The van der Waals surface area contributed by atoms with E-state index < -0.39 is 0 Å². The van der Waals surface area contributed by atoms with Gasteiger partial charge in [-0.3, -0.25) is 4.99 Å². The monoisotopic (exact) mass is 208 g/mol. The summed E-state index contributed by atoms with van der Waals surface area (Å²) in [7, 11) is 0. The first kappa shape index (κ1) is 5.21. The lowest BCUT2D eigenvalue weighted by atomic mass is 10.4. The number of amidine groups is 1. The Morgan fingerprint density at radius 3 is 2.86 bits per heavy atom. The van der Waals surface area contributed by atoms with E-state index in [-0.39, 0.29) is 0 Å². The van der Waals surface area contributed by atoms with Crippen molar-refractivity contribution >= 4 is 32.6 Å². The van der Waals surface area contributed by atoms with Gasteiger partial charge in [0.05, 0.1) is 0 Å². The summed E-state index contributed by atoms with van der Waals surface area (Å²) < 4.78 is 0.879. The average Bonchev–Trinajstić information content (AvgIpc) is 1.69. The van der Waals surface area contributed by atoms with Crippen LogP contribution < -0.4 is 0 Å². The highest BCUT2D eigenvalue weighted by molar-refractivity contribution is 14.1. The van der Waals surface area contributed by atoms with E-state index in [1.807, 2.05) is 6.21 Å². The largest absolute Gasteiger partial charge is 0.261 e. The SMILES string of the molecule is IC1=NCCC=N1. The van der Waals surface area contributed by atoms with Crippen LogP contribution in [-0.4, -0.2) is 16.6 Å². The van der Waals surface area contributed by atoms with Gasteiger partial charge in [0.1, 0.15) is 0 Å².